The summed E-state index contributed by atoms with van der Waals surface area (Å²) in [6.45, 7) is 0.240. The Kier molecular flexibility index (Phi) is 5.80. The molecule has 0 atom stereocenters. The van der Waals surface area contributed by atoms with Crippen LogP contribution in [0, 0.1) is 5.82 Å². The zero-order chi connectivity index (χ0) is 21.8. The molecule has 1 aliphatic rings. The van der Waals surface area contributed by atoms with Crippen LogP contribution in [0.5, 0.6) is 5.75 Å². The third kappa shape index (κ3) is 4.19. The molecule has 1 N–H and O–H groups in total. The number of rotatable bonds is 7. The predicted molar refractivity (Wildman–Crippen MR) is 117 cm³/mol. The summed E-state index contributed by atoms with van der Waals surface area (Å²) in [5, 5.41) is 3.08. The molecule has 4 rings (SSSR count). The van der Waals surface area contributed by atoms with Gasteiger partial charge in [0.25, 0.3) is 11.8 Å². The minimum Gasteiger partial charge on any atom is -0.495 e. The van der Waals surface area contributed by atoms with E-state index in [9.17, 15) is 14.0 Å². The maximum atomic E-state index is 13.5. The van der Waals surface area contributed by atoms with E-state index in [2.05, 4.69) is 5.32 Å². The molecule has 31 heavy (non-hydrogen) atoms. The van der Waals surface area contributed by atoms with E-state index in [1.807, 2.05) is 36.4 Å². The highest BCUT2D eigenvalue weighted by Crippen LogP contribution is 2.33. The number of ether oxygens (including phenoxy) is 1. The lowest BCUT2D eigenvalue weighted by molar-refractivity contribution is -0.136. The summed E-state index contributed by atoms with van der Waals surface area (Å²) in [6, 6.07) is 22.3. The fraction of sp³-hybridized carbons (Fsp3) is 0.120. The van der Waals surface area contributed by atoms with E-state index in [0.29, 0.717) is 23.4 Å². The molecular formula is C25H21FN2O3. The van der Waals surface area contributed by atoms with Gasteiger partial charge in [-0.3, -0.25) is 14.5 Å². The largest absolute Gasteiger partial charge is 0.495 e. The van der Waals surface area contributed by atoms with Gasteiger partial charge in [-0.25, -0.2) is 4.39 Å². The minimum atomic E-state index is -0.425. The van der Waals surface area contributed by atoms with E-state index in [0.717, 1.165) is 5.56 Å². The Morgan fingerprint density at radius 2 is 1.55 bits per heavy atom. The number of nitrogens with zero attached hydrogens (tertiary/aromatic N) is 1. The second-order valence-corrected chi connectivity index (χ2v) is 7.08. The summed E-state index contributed by atoms with van der Waals surface area (Å²) in [5.41, 5.74) is 2.42. The number of carbonyl (C=O) groups is 2. The van der Waals surface area contributed by atoms with Gasteiger partial charge in [0.2, 0.25) is 0 Å². The van der Waals surface area contributed by atoms with Crippen molar-refractivity contribution in [1.29, 1.82) is 0 Å². The summed E-state index contributed by atoms with van der Waals surface area (Å²) in [6.07, 6.45) is 0.539. The Morgan fingerprint density at radius 1 is 0.871 bits per heavy atom. The third-order valence-corrected chi connectivity index (χ3v) is 5.13. The molecular weight excluding hydrogens is 395 g/mol. The zero-order valence-corrected chi connectivity index (χ0v) is 17.0. The molecule has 156 valence electrons. The molecule has 5 nitrogen and oxygen atoms in total. The van der Waals surface area contributed by atoms with E-state index >= 15 is 0 Å². The SMILES string of the molecule is COc1ccccc1NC1=C(c2ccc(F)cc2)C(=O)N(CCc2ccccc2)C1=O. The van der Waals surface area contributed by atoms with Crippen LogP contribution in [-0.2, 0) is 16.0 Å². The minimum absolute atomic E-state index is 0.147. The fourth-order valence-corrected chi connectivity index (χ4v) is 3.55. The van der Waals surface area contributed by atoms with E-state index in [1.165, 1.54) is 36.3 Å². The summed E-state index contributed by atoms with van der Waals surface area (Å²) >= 11 is 0. The first-order valence-electron chi connectivity index (χ1n) is 9.89. The molecule has 0 bridgehead atoms. The molecule has 0 aromatic heterocycles. The quantitative estimate of drug-likeness (QED) is 0.585. The maximum Gasteiger partial charge on any atom is 0.278 e. The Balaban J connectivity index is 1.69. The molecule has 3 aromatic rings. The number of nitrogens with one attached hydrogen (secondary N) is 1. The van der Waals surface area contributed by atoms with Crippen LogP contribution in [0.2, 0.25) is 0 Å². The topological polar surface area (TPSA) is 58.6 Å². The van der Waals surface area contributed by atoms with Crippen molar-refractivity contribution in [3.8, 4) is 5.75 Å². The van der Waals surface area contributed by atoms with Gasteiger partial charge >= 0.3 is 0 Å². The predicted octanol–water partition coefficient (Wildman–Crippen LogP) is 4.27. The molecule has 3 aromatic carbocycles. The number of anilines is 1. The molecule has 0 unspecified atom stereocenters. The van der Waals surface area contributed by atoms with Crippen molar-refractivity contribution in [3.63, 3.8) is 0 Å². The second kappa shape index (κ2) is 8.83. The standard InChI is InChI=1S/C25H21FN2O3/c1-31-21-10-6-5-9-20(21)27-23-22(18-11-13-19(26)14-12-18)24(29)28(25(23)30)16-15-17-7-3-2-4-8-17/h2-14,27H,15-16H2,1H3. The summed E-state index contributed by atoms with van der Waals surface area (Å²) in [5.74, 6) is -0.714. The molecule has 0 spiro atoms. The van der Waals surface area contributed by atoms with Crippen molar-refractivity contribution in [2.45, 2.75) is 6.42 Å². The summed E-state index contributed by atoms with van der Waals surface area (Å²) in [4.78, 5) is 27.7. The van der Waals surface area contributed by atoms with Crippen molar-refractivity contribution < 1.29 is 18.7 Å². The van der Waals surface area contributed by atoms with Crippen LogP contribution >= 0.6 is 0 Å². The monoisotopic (exact) mass is 416 g/mol. The summed E-state index contributed by atoms with van der Waals surface area (Å²) < 4.78 is 18.8. The number of hydrogen-bond acceptors (Lipinski definition) is 4. The highest BCUT2D eigenvalue weighted by molar-refractivity contribution is 6.36. The Morgan fingerprint density at radius 3 is 2.26 bits per heavy atom. The molecule has 0 saturated heterocycles. The third-order valence-electron chi connectivity index (χ3n) is 5.13. The van der Waals surface area contributed by atoms with Crippen LogP contribution in [0.4, 0.5) is 10.1 Å². The van der Waals surface area contributed by atoms with Crippen LogP contribution in [0.3, 0.4) is 0 Å². The van der Waals surface area contributed by atoms with Gasteiger partial charge in [0.15, 0.2) is 0 Å². The van der Waals surface area contributed by atoms with Crippen LogP contribution in [0.25, 0.3) is 5.57 Å². The zero-order valence-electron chi connectivity index (χ0n) is 17.0. The van der Waals surface area contributed by atoms with Gasteiger partial charge in [-0.2, -0.15) is 0 Å². The highest BCUT2D eigenvalue weighted by Gasteiger charge is 2.39. The average Bonchev–Trinajstić information content (AvgIpc) is 3.03. The van der Waals surface area contributed by atoms with Gasteiger partial charge < -0.3 is 10.1 Å². The second-order valence-electron chi connectivity index (χ2n) is 7.08. The number of amides is 2. The Bertz CT molecular complexity index is 1140. The molecule has 2 amide bonds. The molecule has 0 radical (unpaired) electrons. The van der Waals surface area contributed by atoms with Gasteiger partial charge in [0.05, 0.1) is 18.4 Å². The van der Waals surface area contributed by atoms with Crippen molar-refractivity contribution in [2.24, 2.45) is 0 Å². The Hall–Kier alpha value is -3.93. The van der Waals surface area contributed by atoms with Crippen LogP contribution in [0.1, 0.15) is 11.1 Å². The van der Waals surface area contributed by atoms with Gasteiger partial charge in [0.1, 0.15) is 17.3 Å². The molecule has 0 fully saturated rings. The number of hydrogen-bond donors (Lipinski definition) is 1. The van der Waals surface area contributed by atoms with E-state index in [1.54, 1.807) is 18.2 Å². The number of methoxy groups -OCH3 is 1. The molecule has 1 heterocycles. The number of benzene rings is 3. The van der Waals surface area contributed by atoms with Gasteiger partial charge in [0, 0.05) is 6.54 Å². The number of para-hydroxylation sites is 2. The van der Waals surface area contributed by atoms with Crippen molar-refractivity contribution in [3.05, 3.63) is 102 Å². The average molecular weight is 416 g/mol. The smallest absolute Gasteiger partial charge is 0.278 e. The van der Waals surface area contributed by atoms with E-state index < -0.39 is 17.6 Å². The molecule has 1 aliphatic heterocycles. The van der Waals surface area contributed by atoms with Gasteiger partial charge in [-0.15, -0.1) is 0 Å². The van der Waals surface area contributed by atoms with Gasteiger partial charge in [-0.05, 0) is 41.8 Å². The van der Waals surface area contributed by atoms with Crippen molar-refractivity contribution >= 4 is 23.1 Å². The molecule has 0 aliphatic carbocycles. The Labute approximate surface area is 179 Å². The lowest BCUT2D eigenvalue weighted by Gasteiger charge is -2.16. The van der Waals surface area contributed by atoms with E-state index in [4.69, 9.17) is 4.74 Å². The lowest BCUT2D eigenvalue weighted by Crippen LogP contribution is -2.34. The van der Waals surface area contributed by atoms with Gasteiger partial charge in [-0.1, -0.05) is 54.6 Å². The number of halogens is 1. The van der Waals surface area contributed by atoms with Crippen LogP contribution in [0.15, 0.2) is 84.6 Å². The highest BCUT2D eigenvalue weighted by atomic mass is 19.1. The van der Waals surface area contributed by atoms with Crippen LogP contribution < -0.4 is 10.1 Å². The van der Waals surface area contributed by atoms with E-state index in [-0.39, 0.29) is 17.8 Å². The van der Waals surface area contributed by atoms with Crippen molar-refractivity contribution in [1.82, 2.24) is 4.90 Å². The maximum absolute atomic E-state index is 13.5. The molecule has 0 saturated carbocycles. The van der Waals surface area contributed by atoms with Crippen molar-refractivity contribution in [2.75, 3.05) is 19.0 Å². The number of carbonyl (C=O) groups excluding carboxylic acids is 2. The number of imide groups is 1. The van der Waals surface area contributed by atoms with Crippen LogP contribution in [-0.4, -0.2) is 30.4 Å². The molecule has 6 heteroatoms. The first-order chi connectivity index (χ1) is 15.1. The fourth-order valence-electron chi connectivity index (χ4n) is 3.55. The normalized spacial score (nSPS) is 13.7. The first kappa shape index (κ1) is 20.3. The summed E-state index contributed by atoms with van der Waals surface area (Å²) in [7, 11) is 1.53. The lowest BCUT2D eigenvalue weighted by atomic mass is 10.0. The first-order valence-corrected chi connectivity index (χ1v) is 9.89.